The van der Waals surface area contributed by atoms with Crippen molar-refractivity contribution in [2.45, 2.75) is 11.5 Å². The van der Waals surface area contributed by atoms with Gasteiger partial charge in [-0.25, -0.2) is 19.9 Å². The quantitative estimate of drug-likeness (QED) is 0.869. The molecular formula is C11H11N5S. The summed E-state index contributed by atoms with van der Waals surface area (Å²) >= 11 is 1.85. The van der Waals surface area contributed by atoms with Gasteiger partial charge in [0.15, 0.2) is 11.6 Å². The lowest BCUT2D eigenvalue weighted by Gasteiger charge is -2.07. The number of hydrogen-bond donors (Lipinski definition) is 1. The van der Waals surface area contributed by atoms with Crippen molar-refractivity contribution in [1.29, 1.82) is 0 Å². The molecule has 0 saturated carbocycles. The van der Waals surface area contributed by atoms with Crippen molar-refractivity contribution in [2.24, 2.45) is 0 Å². The summed E-state index contributed by atoms with van der Waals surface area (Å²) in [5.74, 6) is 3.97. The van der Waals surface area contributed by atoms with Gasteiger partial charge in [-0.1, -0.05) is 0 Å². The van der Waals surface area contributed by atoms with Crippen LogP contribution in [-0.4, -0.2) is 27.0 Å². The number of rotatable bonds is 2. The van der Waals surface area contributed by atoms with Crippen LogP contribution in [-0.2, 0) is 11.5 Å². The summed E-state index contributed by atoms with van der Waals surface area (Å²) in [6, 6.07) is 1.78. The van der Waals surface area contributed by atoms with Gasteiger partial charge in [0, 0.05) is 36.5 Å². The SMILES string of the molecule is CNc1nc(-c2ncccn2)nc2c1CSC2. The van der Waals surface area contributed by atoms with Crippen LogP contribution in [0.4, 0.5) is 5.82 Å². The molecule has 6 heteroatoms. The predicted molar refractivity (Wildman–Crippen MR) is 67.6 cm³/mol. The molecule has 17 heavy (non-hydrogen) atoms. The molecule has 0 amide bonds. The molecule has 0 atom stereocenters. The largest absolute Gasteiger partial charge is 0.373 e. The summed E-state index contributed by atoms with van der Waals surface area (Å²) in [5.41, 5.74) is 2.30. The first kappa shape index (κ1) is 10.5. The molecule has 1 aliphatic rings. The maximum atomic E-state index is 4.54. The summed E-state index contributed by atoms with van der Waals surface area (Å²) in [7, 11) is 1.88. The van der Waals surface area contributed by atoms with Crippen LogP contribution in [0.1, 0.15) is 11.3 Å². The van der Waals surface area contributed by atoms with E-state index >= 15 is 0 Å². The summed E-state index contributed by atoms with van der Waals surface area (Å²) in [5, 5.41) is 3.12. The smallest absolute Gasteiger partial charge is 0.199 e. The molecule has 0 aliphatic carbocycles. The first-order chi connectivity index (χ1) is 8.38. The van der Waals surface area contributed by atoms with E-state index in [0.29, 0.717) is 11.6 Å². The number of nitrogens with one attached hydrogen (secondary N) is 1. The normalized spacial score (nSPS) is 13.5. The number of nitrogens with zero attached hydrogens (tertiary/aromatic N) is 4. The van der Waals surface area contributed by atoms with Crippen molar-refractivity contribution in [3.63, 3.8) is 0 Å². The molecule has 0 unspecified atom stereocenters. The molecular weight excluding hydrogens is 234 g/mol. The van der Waals surface area contributed by atoms with Crippen molar-refractivity contribution in [3.05, 3.63) is 29.7 Å². The molecule has 0 aromatic carbocycles. The van der Waals surface area contributed by atoms with Gasteiger partial charge >= 0.3 is 0 Å². The second-order valence-corrected chi connectivity index (χ2v) is 4.62. The summed E-state index contributed by atoms with van der Waals surface area (Å²) in [6.07, 6.45) is 3.40. The van der Waals surface area contributed by atoms with E-state index in [1.54, 1.807) is 18.5 Å². The van der Waals surface area contributed by atoms with Crippen molar-refractivity contribution in [1.82, 2.24) is 19.9 Å². The zero-order valence-electron chi connectivity index (χ0n) is 9.34. The highest BCUT2D eigenvalue weighted by molar-refractivity contribution is 7.98. The second-order valence-electron chi connectivity index (χ2n) is 3.64. The Morgan fingerprint density at radius 2 is 1.94 bits per heavy atom. The van der Waals surface area contributed by atoms with Gasteiger partial charge in [-0.3, -0.25) is 0 Å². The molecule has 0 radical (unpaired) electrons. The predicted octanol–water partition coefficient (Wildman–Crippen LogP) is 1.72. The molecule has 2 aromatic rings. The van der Waals surface area contributed by atoms with Crippen LogP contribution in [0.2, 0.25) is 0 Å². The minimum atomic E-state index is 0.573. The number of thioether (sulfide) groups is 1. The summed E-state index contributed by atoms with van der Waals surface area (Å²) in [4.78, 5) is 17.4. The Labute approximate surface area is 103 Å². The number of hydrogen-bond acceptors (Lipinski definition) is 6. The van der Waals surface area contributed by atoms with Gasteiger partial charge in [-0.2, -0.15) is 11.8 Å². The average molecular weight is 245 g/mol. The second kappa shape index (κ2) is 4.29. The molecule has 2 aromatic heterocycles. The van der Waals surface area contributed by atoms with Crippen LogP contribution in [0.25, 0.3) is 11.6 Å². The Bertz CT molecular complexity index is 543. The van der Waals surface area contributed by atoms with Gasteiger partial charge in [0.05, 0.1) is 5.69 Å². The van der Waals surface area contributed by atoms with Crippen LogP contribution >= 0.6 is 11.8 Å². The van der Waals surface area contributed by atoms with E-state index in [-0.39, 0.29) is 0 Å². The van der Waals surface area contributed by atoms with E-state index in [2.05, 4.69) is 25.3 Å². The molecule has 86 valence electrons. The third-order valence-corrected chi connectivity index (χ3v) is 3.55. The van der Waals surface area contributed by atoms with Gasteiger partial charge in [-0.05, 0) is 6.07 Å². The fourth-order valence-corrected chi connectivity index (χ4v) is 2.81. The molecule has 3 heterocycles. The molecule has 3 rings (SSSR count). The van der Waals surface area contributed by atoms with E-state index in [9.17, 15) is 0 Å². The van der Waals surface area contributed by atoms with E-state index in [0.717, 1.165) is 23.0 Å². The molecule has 1 aliphatic heterocycles. The highest BCUT2D eigenvalue weighted by Gasteiger charge is 2.20. The molecule has 1 N–H and O–H groups in total. The van der Waals surface area contributed by atoms with Gasteiger partial charge in [-0.15, -0.1) is 0 Å². The van der Waals surface area contributed by atoms with Gasteiger partial charge < -0.3 is 5.32 Å². The standard InChI is InChI=1S/C11H11N5S/c1-12-9-7-5-17-6-8(7)15-11(16-9)10-13-3-2-4-14-10/h2-4H,5-6H2,1H3,(H,12,15,16). The van der Waals surface area contributed by atoms with Gasteiger partial charge in [0.2, 0.25) is 0 Å². The number of anilines is 1. The molecule has 5 nitrogen and oxygen atoms in total. The molecule has 0 fully saturated rings. The zero-order chi connectivity index (χ0) is 11.7. The van der Waals surface area contributed by atoms with Gasteiger partial charge in [0.25, 0.3) is 0 Å². The van der Waals surface area contributed by atoms with Crippen molar-refractivity contribution >= 4 is 17.6 Å². The third kappa shape index (κ3) is 1.84. The van der Waals surface area contributed by atoms with Crippen LogP contribution in [0.3, 0.4) is 0 Å². The summed E-state index contributed by atoms with van der Waals surface area (Å²) in [6.45, 7) is 0. The average Bonchev–Trinajstić information content (AvgIpc) is 2.86. The van der Waals surface area contributed by atoms with Crippen molar-refractivity contribution in [3.8, 4) is 11.6 Å². The first-order valence-corrected chi connectivity index (χ1v) is 6.46. The zero-order valence-corrected chi connectivity index (χ0v) is 10.2. The fourth-order valence-electron chi connectivity index (χ4n) is 1.77. The van der Waals surface area contributed by atoms with Crippen molar-refractivity contribution in [2.75, 3.05) is 12.4 Å². The fraction of sp³-hybridized carbons (Fsp3) is 0.273. The lowest BCUT2D eigenvalue weighted by atomic mass is 10.2. The van der Waals surface area contributed by atoms with Crippen molar-refractivity contribution < 1.29 is 0 Å². The Kier molecular flexibility index (Phi) is 2.64. The van der Waals surface area contributed by atoms with E-state index in [4.69, 9.17) is 0 Å². The minimum Gasteiger partial charge on any atom is -0.373 e. The van der Waals surface area contributed by atoms with E-state index < -0.39 is 0 Å². The topological polar surface area (TPSA) is 63.6 Å². The first-order valence-electron chi connectivity index (χ1n) is 5.31. The lowest BCUT2D eigenvalue weighted by molar-refractivity contribution is 1.03. The third-order valence-electron chi connectivity index (χ3n) is 2.58. The Morgan fingerprint density at radius 1 is 1.12 bits per heavy atom. The Balaban J connectivity index is 2.13. The Hall–Kier alpha value is -1.69. The Morgan fingerprint density at radius 3 is 2.71 bits per heavy atom. The van der Waals surface area contributed by atoms with E-state index in [1.807, 2.05) is 18.8 Å². The van der Waals surface area contributed by atoms with Crippen LogP contribution in [0.5, 0.6) is 0 Å². The lowest BCUT2D eigenvalue weighted by Crippen LogP contribution is -2.04. The molecule has 0 bridgehead atoms. The summed E-state index contributed by atoms with van der Waals surface area (Å²) < 4.78 is 0. The highest BCUT2D eigenvalue weighted by Crippen LogP contribution is 2.33. The minimum absolute atomic E-state index is 0.573. The maximum Gasteiger partial charge on any atom is 0.199 e. The maximum absolute atomic E-state index is 4.54. The van der Waals surface area contributed by atoms with Crippen LogP contribution < -0.4 is 5.32 Å². The monoisotopic (exact) mass is 245 g/mol. The van der Waals surface area contributed by atoms with E-state index in [1.165, 1.54) is 5.56 Å². The molecule has 0 saturated heterocycles. The number of fused-ring (bicyclic) bond motifs is 1. The molecule has 0 spiro atoms. The van der Waals surface area contributed by atoms with Gasteiger partial charge in [0.1, 0.15) is 5.82 Å². The number of aromatic nitrogens is 4. The van der Waals surface area contributed by atoms with Crippen LogP contribution in [0.15, 0.2) is 18.5 Å². The van der Waals surface area contributed by atoms with Crippen LogP contribution in [0, 0.1) is 0 Å². The highest BCUT2D eigenvalue weighted by atomic mass is 32.2.